The van der Waals surface area contributed by atoms with Gasteiger partial charge in [0.1, 0.15) is 11.9 Å². The van der Waals surface area contributed by atoms with Gasteiger partial charge in [-0.3, -0.25) is 4.79 Å². The maximum absolute atomic E-state index is 11.3. The second kappa shape index (κ2) is 4.61. The molecule has 0 saturated heterocycles. The van der Waals surface area contributed by atoms with Crippen LogP contribution in [0.3, 0.4) is 0 Å². The van der Waals surface area contributed by atoms with Crippen LogP contribution in [0.2, 0.25) is 0 Å². The minimum Gasteiger partial charge on any atom is -0.490 e. The number of aryl methyl sites for hydroxylation is 2. The number of hydrogen-bond donors (Lipinski definition) is 2. The topological polar surface area (TPSA) is 78.3 Å². The molecule has 4 N–H and O–H groups in total. The third-order valence-corrected chi connectivity index (χ3v) is 3.63. The summed E-state index contributed by atoms with van der Waals surface area (Å²) in [5, 5.41) is 0. The molecule has 0 heterocycles. The van der Waals surface area contributed by atoms with Crippen molar-refractivity contribution < 1.29 is 9.53 Å². The van der Waals surface area contributed by atoms with Gasteiger partial charge < -0.3 is 16.2 Å². The SMILES string of the molecule is Cc1ccc(C)c(OC2CCC(N)(C(N)=O)C2)c1. The first-order valence-electron chi connectivity index (χ1n) is 6.23. The minimum atomic E-state index is -0.900. The Labute approximate surface area is 107 Å². The lowest BCUT2D eigenvalue weighted by atomic mass is 9.99. The molecule has 1 amide bonds. The van der Waals surface area contributed by atoms with Gasteiger partial charge in [0.2, 0.25) is 5.91 Å². The van der Waals surface area contributed by atoms with E-state index in [1.165, 1.54) is 0 Å². The number of carbonyl (C=O) groups excluding carboxylic acids is 1. The lowest BCUT2D eigenvalue weighted by Gasteiger charge is -2.20. The summed E-state index contributed by atoms with van der Waals surface area (Å²) in [6, 6.07) is 6.09. The van der Waals surface area contributed by atoms with Crippen LogP contribution in [-0.2, 0) is 4.79 Å². The van der Waals surface area contributed by atoms with Gasteiger partial charge in [0.25, 0.3) is 0 Å². The van der Waals surface area contributed by atoms with Crippen molar-refractivity contribution in [3.63, 3.8) is 0 Å². The van der Waals surface area contributed by atoms with Crippen LogP contribution in [0.1, 0.15) is 30.4 Å². The van der Waals surface area contributed by atoms with Gasteiger partial charge in [0, 0.05) is 6.42 Å². The van der Waals surface area contributed by atoms with E-state index in [4.69, 9.17) is 16.2 Å². The standard InChI is InChI=1S/C14H20N2O2/c1-9-3-4-10(2)12(7-9)18-11-5-6-14(16,8-11)13(15)17/h3-4,7,11H,5-6,8,16H2,1-2H3,(H2,15,17). The van der Waals surface area contributed by atoms with Crippen LogP contribution in [0.15, 0.2) is 18.2 Å². The summed E-state index contributed by atoms with van der Waals surface area (Å²) in [6.07, 6.45) is 1.84. The van der Waals surface area contributed by atoms with Gasteiger partial charge in [-0.2, -0.15) is 0 Å². The molecule has 4 heteroatoms. The van der Waals surface area contributed by atoms with E-state index < -0.39 is 11.4 Å². The Kier molecular flexibility index (Phi) is 3.30. The fourth-order valence-corrected chi connectivity index (χ4v) is 2.37. The number of primary amides is 1. The van der Waals surface area contributed by atoms with E-state index in [-0.39, 0.29) is 6.10 Å². The van der Waals surface area contributed by atoms with E-state index in [1.807, 2.05) is 32.0 Å². The van der Waals surface area contributed by atoms with Crippen molar-refractivity contribution in [3.8, 4) is 5.75 Å². The molecule has 0 spiro atoms. The van der Waals surface area contributed by atoms with Crippen LogP contribution in [-0.4, -0.2) is 17.6 Å². The average Bonchev–Trinajstić information content (AvgIpc) is 2.67. The van der Waals surface area contributed by atoms with Crippen LogP contribution < -0.4 is 16.2 Å². The molecule has 2 atom stereocenters. The second-order valence-corrected chi connectivity index (χ2v) is 5.27. The quantitative estimate of drug-likeness (QED) is 0.849. The highest BCUT2D eigenvalue weighted by atomic mass is 16.5. The van der Waals surface area contributed by atoms with Crippen LogP contribution in [0, 0.1) is 13.8 Å². The maximum Gasteiger partial charge on any atom is 0.237 e. The van der Waals surface area contributed by atoms with Crippen molar-refractivity contribution in [3.05, 3.63) is 29.3 Å². The molecule has 98 valence electrons. The molecule has 1 aliphatic carbocycles. The van der Waals surface area contributed by atoms with Gasteiger partial charge >= 0.3 is 0 Å². The molecule has 1 aromatic carbocycles. The Bertz CT molecular complexity index is 473. The molecule has 4 nitrogen and oxygen atoms in total. The monoisotopic (exact) mass is 248 g/mol. The van der Waals surface area contributed by atoms with Crippen LogP contribution in [0.25, 0.3) is 0 Å². The molecule has 1 aliphatic rings. The third kappa shape index (κ3) is 2.48. The van der Waals surface area contributed by atoms with E-state index in [2.05, 4.69) is 0 Å². The normalized spacial score (nSPS) is 27.2. The van der Waals surface area contributed by atoms with Gasteiger partial charge in [0.15, 0.2) is 0 Å². The van der Waals surface area contributed by atoms with Crippen molar-refractivity contribution in [1.82, 2.24) is 0 Å². The number of hydrogen-bond acceptors (Lipinski definition) is 3. The molecular formula is C14H20N2O2. The Morgan fingerprint density at radius 2 is 2.17 bits per heavy atom. The van der Waals surface area contributed by atoms with Crippen molar-refractivity contribution in [2.75, 3.05) is 0 Å². The van der Waals surface area contributed by atoms with Crippen molar-refractivity contribution in [1.29, 1.82) is 0 Å². The van der Waals surface area contributed by atoms with E-state index >= 15 is 0 Å². The summed E-state index contributed by atoms with van der Waals surface area (Å²) < 4.78 is 5.94. The summed E-state index contributed by atoms with van der Waals surface area (Å²) in [6.45, 7) is 4.03. The Morgan fingerprint density at radius 3 is 2.78 bits per heavy atom. The zero-order chi connectivity index (χ0) is 13.3. The highest BCUT2D eigenvalue weighted by Gasteiger charge is 2.41. The van der Waals surface area contributed by atoms with Gasteiger partial charge in [-0.05, 0) is 43.9 Å². The molecule has 0 aromatic heterocycles. The van der Waals surface area contributed by atoms with Gasteiger partial charge in [-0.1, -0.05) is 12.1 Å². The first-order chi connectivity index (χ1) is 8.40. The Balaban J connectivity index is 2.08. The summed E-state index contributed by atoms with van der Waals surface area (Å²) in [4.78, 5) is 11.3. The molecule has 1 aromatic rings. The zero-order valence-electron chi connectivity index (χ0n) is 10.9. The van der Waals surface area contributed by atoms with Crippen LogP contribution in [0.5, 0.6) is 5.75 Å². The summed E-state index contributed by atoms with van der Waals surface area (Å²) >= 11 is 0. The van der Waals surface area contributed by atoms with Crippen molar-refractivity contribution >= 4 is 5.91 Å². The van der Waals surface area contributed by atoms with Gasteiger partial charge in [-0.15, -0.1) is 0 Å². The number of rotatable bonds is 3. The van der Waals surface area contributed by atoms with E-state index in [0.29, 0.717) is 12.8 Å². The summed E-state index contributed by atoms with van der Waals surface area (Å²) in [5.74, 6) is 0.434. The van der Waals surface area contributed by atoms with Crippen LogP contribution in [0.4, 0.5) is 0 Å². The Hall–Kier alpha value is -1.55. The molecule has 1 fully saturated rings. The highest BCUT2D eigenvalue weighted by molar-refractivity contribution is 5.84. The number of nitrogens with two attached hydrogens (primary N) is 2. The molecule has 2 unspecified atom stereocenters. The van der Waals surface area contributed by atoms with E-state index in [9.17, 15) is 4.79 Å². The lowest BCUT2D eigenvalue weighted by Crippen LogP contribution is -2.50. The van der Waals surface area contributed by atoms with Crippen molar-refractivity contribution in [2.45, 2.75) is 44.8 Å². The lowest BCUT2D eigenvalue weighted by molar-refractivity contribution is -0.123. The van der Waals surface area contributed by atoms with Crippen LogP contribution >= 0.6 is 0 Å². The first kappa shape index (κ1) is 12.9. The van der Waals surface area contributed by atoms with Gasteiger partial charge in [0.05, 0.1) is 5.54 Å². The summed E-state index contributed by atoms with van der Waals surface area (Å²) in [5.41, 5.74) is 12.6. The zero-order valence-corrected chi connectivity index (χ0v) is 10.9. The number of benzene rings is 1. The highest BCUT2D eigenvalue weighted by Crippen LogP contribution is 2.32. The minimum absolute atomic E-state index is 0.0250. The van der Waals surface area contributed by atoms with E-state index in [1.54, 1.807) is 0 Å². The Morgan fingerprint density at radius 1 is 1.44 bits per heavy atom. The predicted molar refractivity (Wildman–Crippen MR) is 70.3 cm³/mol. The molecule has 1 saturated carbocycles. The molecule has 2 rings (SSSR count). The van der Waals surface area contributed by atoms with Gasteiger partial charge in [-0.25, -0.2) is 0 Å². The fraction of sp³-hybridized carbons (Fsp3) is 0.500. The number of amides is 1. The van der Waals surface area contributed by atoms with Crippen molar-refractivity contribution in [2.24, 2.45) is 11.5 Å². The molecule has 0 bridgehead atoms. The number of carbonyl (C=O) groups is 1. The first-order valence-corrected chi connectivity index (χ1v) is 6.23. The second-order valence-electron chi connectivity index (χ2n) is 5.27. The number of ether oxygens (including phenoxy) is 1. The molecular weight excluding hydrogens is 228 g/mol. The summed E-state index contributed by atoms with van der Waals surface area (Å²) in [7, 11) is 0. The maximum atomic E-state index is 11.3. The largest absolute Gasteiger partial charge is 0.490 e. The fourth-order valence-electron chi connectivity index (χ4n) is 2.37. The molecule has 0 aliphatic heterocycles. The predicted octanol–water partition coefficient (Wildman–Crippen LogP) is 1.42. The molecule has 18 heavy (non-hydrogen) atoms. The molecule has 0 radical (unpaired) electrons. The average molecular weight is 248 g/mol. The van der Waals surface area contributed by atoms with E-state index in [0.717, 1.165) is 23.3 Å². The third-order valence-electron chi connectivity index (χ3n) is 3.63. The smallest absolute Gasteiger partial charge is 0.237 e.